The van der Waals surface area contributed by atoms with Crippen LogP contribution in [0.3, 0.4) is 0 Å². The highest BCUT2D eigenvalue weighted by atomic mass is 15.1. The van der Waals surface area contributed by atoms with E-state index in [-0.39, 0.29) is 0 Å². The predicted molar refractivity (Wildman–Crippen MR) is 79.5 cm³/mol. The Morgan fingerprint density at radius 1 is 1.17 bits per heavy atom. The minimum atomic E-state index is 0.838. The van der Waals surface area contributed by atoms with Gasteiger partial charge in [0.05, 0.1) is 0 Å². The Labute approximate surface area is 112 Å². The number of rotatable bonds is 5. The van der Waals surface area contributed by atoms with Crippen molar-refractivity contribution in [2.45, 2.75) is 33.1 Å². The van der Waals surface area contributed by atoms with Crippen molar-refractivity contribution < 1.29 is 0 Å². The molecule has 0 bridgehead atoms. The molecule has 0 fully saturated rings. The van der Waals surface area contributed by atoms with Crippen molar-refractivity contribution in [2.75, 3.05) is 19.6 Å². The van der Waals surface area contributed by atoms with Gasteiger partial charge in [-0.05, 0) is 42.9 Å². The van der Waals surface area contributed by atoms with Crippen LogP contribution in [-0.2, 0) is 0 Å². The maximum atomic E-state index is 2.58. The summed E-state index contributed by atoms with van der Waals surface area (Å²) in [6.45, 7) is 8.23. The molecule has 0 unspecified atom stereocenters. The molecule has 0 N–H and O–H groups in total. The van der Waals surface area contributed by atoms with Crippen molar-refractivity contribution in [3.8, 4) is 0 Å². The van der Waals surface area contributed by atoms with Crippen LogP contribution < -0.4 is 0 Å². The molecule has 1 heterocycles. The van der Waals surface area contributed by atoms with Crippen molar-refractivity contribution in [2.24, 2.45) is 5.92 Å². The van der Waals surface area contributed by atoms with Gasteiger partial charge in [0, 0.05) is 13.1 Å². The lowest BCUT2D eigenvalue weighted by molar-refractivity contribution is 0.288. The fourth-order valence-corrected chi connectivity index (χ4v) is 2.55. The molecule has 1 nitrogen and oxygen atoms in total. The highest BCUT2D eigenvalue weighted by Crippen LogP contribution is 2.22. The molecule has 1 aliphatic heterocycles. The molecule has 0 amide bonds. The van der Waals surface area contributed by atoms with Gasteiger partial charge in [-0.25, -0.2) is 0 Å². The molecule has 18 heavy (non-hydrogen) atoms. The number of nitrogens with zero attached hydrogens (tertiary/aromatic N) is 1. The lowest BCUT2D eigenvalue weighted by Gasteiger charge is -2.26. The van der Waals surface area contributed by atoms with Crippen molar-refractivity contribution >= 4 is 5.57 Å². The Hall–Kier alpha value is -1.08. The van der Waals surface area contributed by atoms with E-state index in [9.17, 15) is 0 Å². The Morgan fingerprint density at radius 2 is 1.94 bits per heavy atom. The first kappa shape index (κ1) is 13.4. The van der Waals surface area contributed by atoms with Crippen LogP contribution >= 0.6 is 0 Å². The average Bonchev–Trinajstić information content (AvgIpc) is 2.40. The zero-order valence-corrected chi connectivity index (χ0v) is 11.7. The van der Waals surface area contributed by atoms with Crippen molar-refractivity contribution in [3.63, 3.8) is 0 Å². The summed E-state index contributed by atoms with van der Waals surface area (Å²) in [4.78, 5) is 2.58. The fraction of sp³-hybridized carbons (Fsp3) is 0.529. The van der Waals surface area contributed by atoms with E-state index >= 15 is 0 Å². The summed E-state index contributed by atoms with van der Waals surface area (Å²) in [5, 5.41) is 0. The van der Waals surface area contributed by atoms with E-state index in [0.29, 0.717) is 0 Å². The average molecular weight is 243 g/mol. The van der Waals surface area contributed by atoms with Crippen LogP contribution in [0, 0.1) is 5.92 Å². The van der Waals surface area contributed by atoms with Gasteiger partial charge < -0.3 is 0 Å². The Bertz CT molecular complexity index is 378. The summed E-state index contributed by atoms with van der Waals surface area (Å²) in [6.07, 6.45) is 6.30. The van der Waals surface area contributed by atoms with Gasteiger partial charge in [-0.1, -0.05) is 50.3 Å². The molecule has 0 saturated carbocycles. The van der Waals surface area contributed by atoms with Gasteiger partial charge in [-0.15, -0.1) is 0 Å². The normalized spacial score (nSPS) is 16.9. The molecule has 1 aliphatic rings. The van der Waals surface area contributed by atoms with E-state index in [0.717, 1.165) is 12.5 Å². The van der Waals surface area contributed by atoms with Crippen LogP contribution in [-0.4, -0.2) is 24.5 Å². The highest BCUT2D eigenvalue weighted by Gasteiger charge is 2.12. The second-order valence-electron chi connectivity index (χ2n) is 5.68. The van der Waals surface area contributed by atoms with Crippen molar-refractivity contribution in [3.05, 3.63) is 42.0 Å². The van der Waals surface area contributed by atoms with Crippen molar-refractivity contribution in [1.82, 2.24) is 4.90 Å². The van der Waals surface area contributed by atoms with Crippen LogP contribution in [0.25, 0.3) is 5.57 Å². The van der Waals surface area contributed by atoms with Crippen LogP contribution in [0.15, 0.2) is 36.4 Å². The molecule has 0 saturated heterocycles. The third-order valence-electron chi connectivity index (χ3n) is 3.69. The molecule has 0 radical (unpaired) electrons. The summed E-state index contributed by atoms with van der Waals surface area (Å²) in [5.41, 5.74) is 2.93. The molecule has 0 atom stereocenters. The third-order valence-corrected chi connectivity index (χ3v) is 3.69. The zero-order valence-electron chi connectivity index (χ0n) is 11.7. The molecule has 0 aliphatic carbocycles. The maximum Gasteiger partial charge on any atom is 0.0169 e. The first-order valence-corrected chi connectivity index (χ1v) is 7.22. The van der Waals surface area contributed by atoms with Crippen molar-refractivity contribution in [1.29, 1.82) is 0 Å². The zero-order chi connectivity index (χ0) is 12.8. The Morgan fingerprint density at radius 3 is 2.56 bits per heavy atom. The molecule has 1 aromatic carbocycles. The number of benzene rings is 1. The third kappa shape index (κ3) is 3.99. The molecular formula is C17H25N. The van der Waals surface area contributed by atoms with Gasteiger partial charge >= 0.3 is 0 Å². The summed E-state index contributed by atoms with van der Waals surface area (Å²) in [7, 11) is 0. The molecule has 0 spiro atoms. The largest absolute Gasteiger partial charge is 0.299 e. The van der Waals surface area contributed by atoms with Crippen LogP contribution in [0.2, 0.25) is 0 Å². The van der Waals surface area contributed by atoms with Gasteiger partial charge in [-0.2, -0.15) is 0 Å². The molecule has 1 heteroatoms. The minimum Gasteiger partial charge on any atom is -0.299 e. The van der Waals surface area contributed by atoms with Crippen LogP contribution in [0.1, 0.15) is 38.7 Å². The van der Waals surface area contributed by atoms with E-state index in [1.165, 1.54) is 43.5 Å². The quantitative estimate of drug-likeness (QED) is 0.748. The van der Waals surface area contributed by atoms with Gasteiger partial charge in [0.2, 0.25) is 0 Å². The fourth-order valence-electron chi connectivity index (χ4n) is 2.55. The second-order valence-corrected chi connectivity index (χ2v) is 5.68. The smallest absolute Gasteiger partial charge is 0.0169 e. The first-order valence-electron chi connectivity index (χ1n) is 7.22. The van der Waals surface area contributed by atoms with Gasteiger partial charge in [0.15, 0.2) is 0 Å². The van der Waals surface area contributed by atoms with E-state index < -0.39 is 0 Å². The van der Waals surface area contributed by atoms with E-state index in [2.05, 4.69) is 55.2 Å². The minimum absolute atomic E-state index is 0.838. The number of hydrogen-bond donors (Lipinski definition) is 0. The predicted octanol–water partition coefficient (Wildman–Crippen LogP) is 4.21. The summed E-state index contributed by atoms with van der Waals surface area (Å²) < 4.78 is 0. The van der Waals surface area contributed by atoms with Gasteiger partial charge in [0.25, 0.3) is 0 Å². The monoisotopic (exact) mass is 243 g/mol. The van der Waals surface area contributed by atoms with E-state index in [1.54, 1.807) is 0 Å². The summed E-state index contributed by atoms with van der Waals surface area (Å²) in [6, 6.07) is 10.8. The summed E-state index contributed by atoms with van der Waals surface area (Å²) in [5.74, 6) is 0.838. The standard InChI is InChI=1S/C17H25N/c1-15(2)7-6-12-18-13-10-17(11-14-18)16-8-4-3-5-9-16/h3-5,8-10,15H,6-7,11-14H2,1-2H3. The van der Waals surface area contributed by atoms with E-state index in [1.807, 2.05) is 0 Å². The van der Waals surface area contributed by atoms with Gasteiger partial charge in [-0.3, -0.25) is 4.90 Å². The molecular weight excluding hydrogens is 218 g/mol. The maximum absolute atomic E-state index is 2.58. The SMILES string of the molecule is CC(C)CCCN1CC=C(c2ccccc2)CC1. The lowest BCUT2D eigenvalue weighted by Crippen LogP contribution is -2.29. The Balaban J connectivity index is 1.81. The first-order chi connectivity index (χ1) is 8.75. The van der Waals surface area contributed by atoms with Crippen LogP contribution in [0.4, 0.5) is 0 Å². The highest BCUT2D eigenvalue weighted by molar-refractivity contribution is 5.66. The number of hydrogen-bond acceptors (Lipinski definition) is 1. The molecule has 0 aromatic heterocycles. The van der Waals surface area contributed by atoms with E-state index in [4.69, 9.17) is 0 Å². The lowest BCUT2D eigenvalue weighted by atomic mass is 9.99. The summed E-state index contributed by atoms with van der Waals surface area (Å²) >= 11 is 0. The topological polar surface area (TPSA) is 3.24 Å². The Kier molecular flexibility index (Phi) is 5.00. The van der Waals surface area contributed by atoms with Crippen LogP contribution in [0.5, 0.6) is 0 Å². The second kappa shape index (κ2) is 6.75. The van der Waals surface area contributed by atoms with Gasteiger partial charge in [0.1, 0.15) is 0 Å². The molecule has 98 valence electrons. The molecule has 1 aromatic rings. The molecule has 2 rings (SSSR count).